The van der Waals surface area contributed by atoms with Crippen LogP contribution in [0.2, 0.25) is 22.2 Å². The lowest BCUT2D eigenvalue weighted by Crippen LogP contribution is -2.62. The van der Waals surface area contributed by atoms with Crippen LogP contribution in [0.25, 0.3) is 11.2 Å². The van der Waals surface area contributed by atoms with E-state index in [9.17, 15) is 29.1 Å². The van der Waals surface area contributed by atoms with Gasteiger partial charge in [-0.25, -0.2) is 33.5 Å². The summed E-state index contributed by atoms with van der Waals surface area (Å²) in [5.41, 5.74) is -2.55. The van der Waals surface area contributed by atoms with E-state index >= 15 is 8.96 Å². The Bertz CT molecular complexity index is 2380. The Hall–Kier alpha value is -3.46. The molecule has 0 aromatic carbocycles. The number of alkyl halides is 1. The van der Waals surface area contributed by atoms with Gasteiger partial charge in [-0.15, -0.1) is 0 Å². The number of ether oxygens (including phenoxy) is 1. The molecule has 0 radical (unpaired) electrons. The second-order valence-corrected chi connectivity index (χ2v) is 29.9. The lowest BCUT2D eigenvalue weighted by Gasteiger charge is -2.47. The fourth-order valence-corrected chi connectivity index (χ4v) is 20.6. The molecule has 1 aliphatic carbocycles. The summed E-state index contributed by atoms with van der Waals surface area (Å²) in [6.45, 7) is 16.3. The molecule has 10 atom stereocenters. The highest BCUT2D eigenvalue weighted by molar-refractivity contribution is 7.48. The number of halogens is 1. The maximum absolute atomic E-state index is 16.4. The summed E-state index contributed by atoms with van der Waals surface area (Å²) in [6.07, 6.45) is -6.69. The number of phosphoric acid groups is 2. The van der Waals surface area contributed by atoms with Crippen molar-refractivity contribution < 1.29 is 63.9 Å². The van der Waals surface area contributed by atoms with E-state index in [1.807, 2.05) is 61.5 Å². The average Bonchev–Trinajstić information content (AvgIpc) is 3.91. The highest BCUT2D eigenvalue weighted by Crippen LogP contribution is 2.58. The van der Waals surface area contributed by atoms with Crippen LogP contribution in [0.15, 0.2) is 23.8 Å². The summed E-state index contributed by atoms with van der Waals surface area (Å²) in [5.74, 6) is -2.30. The minimum absolute atomic E-state index is 0.00711. The lowest BCUT2D eigenvalue weighted by atomic mass is 10.1. The first-order valence-electron chi connectivity index (χ1n) is 22.1. The van der Waals surface area contributed by atoms with Gasteiger partial charge in [0.1, 0.15) is 43.2 Å². The molecule has 0 spiro atoms. The molecular weight excluding hydrogens is 958 g/mol. The van der Waals surface area contributed by atoms with Crippen molar-refractivity contribution in [3.8, 4) is 6.07 Å². The summed E-state index contributed by atoms with van der Waals surface area (Å²) in [4.78, 5) is 72.8. The number of anilines is 2. The molecule has 372 valence electrons. The van der Waals surface area contributed by atoms with Crippen molar-refractivity contribution in [2.75, 3.05) is 30.5 Å². The lowest BCUT2D eigenvalue weighted by molar-refractivity contribution is -0.118. The van der Waals surface area contributed by atoms with E-state index in [2.05, 4.69) is 40.5 Å². The Balaban J connectivity index is 1.52. The van der Waals surface area contributed by atoms with Gasteiger partial charge in [0.05, 0.1) is 44.7 Å². The molecule has 1 saturated carbocycles. The van der Waals surface area contributed by atoms with E-state index in [4.69, 9.17) is 35.9 Å². The molecule has 2 bridgehead atoms. The first kappa shape index (κ1) is 52.9. The molecule has 3 aliphatic rings. The van der Waals surface area contributed by atoms with Gasteiger partial charge in [0, 0.05) is 11.8 Å². The number of nitriles is 1. The smallest absolute Gasteiger partial charge is 0.414 e. The van der Waals surface area contributed by atoms with Crippen LogP contribution in [-0.2, 0) is 49.8 Å². The Morgan fingerprint density at radius 3 is 2.30 bits per heavy atom. The van der Waals surface area contributed by atoms with Crippen molar-refractivity contribution >= 4 is 61.7 Å². The Morgan fingerprint density at radius 1 is 1.01 bits per heavy atom. The van der Waals surface area contributed by atoms with Gasteiger partial charge in [-0.2, -0.15) is 10.2 Å². The number of aromatic amines is 1. The van der Waals surface area contributed by atoms with Crippen molar-refractivity contribution in [2.45, 2.75) is 147 Å². The van der Waals surface area contributed by atoms with E-state index in [-0.39, 0.29) is 47.0 Å². The summed E-state index contributed by atoms with van der Waals surface area (Å²) < 4.78 is 97.3. The van der Waals surface area contributed by atoms with Crippen molar-refractivity contribution in [3.63, 3.8) is 0 Å². The van der Waals surface area contributed by atoms with Crippen LogP contribution in [-0.4, -0.2) is 124 Å². The largest absolute Gasteiger partial charge is 0.475 e. The number of fused-ring (bicyclic) bond motifs is 4. The molecule has 5 heterocycles. The molecule has 24 nitrogen and oxygen atoms in total. The molecule has 3 fully saturated rings. The maximum Gasteiger partial charge on any atom is 0.475 e. The summed E-state index contributed by atoms with van der Waals surface area (Å²) >= 11 is 0. The fraction of sp³-hybridized carbons (Fsp3) is 0.737. The molecule has 2 aliphatic heterocycles. The number of carbonyl (C=O) groups excluding carboxylic acids is 1. The molecular formula is C38H61FN10O14P2Si2. The zero-order valence-electron chi connectivity index (χ0n) is 39.0. The van der Waals surface area contributed by atoms with Crippen molar-refractivity contribution in [2.24, 2.45) is 11.8 Å². The molecule has 1 unspecified atom stereocenters. The number of amides is 1. The maximum atomic E-state index is 16.4. The molecule has 3 aromatic heterocycles. The number of hydrogen-bond acceptors (Lipinski definition) is 20. The molecule has 6 rings (SSSR count). The number of carbonyl (C=O) groups is 1. The van der Waals surface area contributed by atoms with E-state index < -0.39 is 130 Å². The highest BCUT2D eigenvalue weighted by atomic mass is 31.2. The number of nitrogens with zero attached hydrogens (tertiary/aromatic N) is 7. The van der Waals surface area contributed by atoms with Crippen LogP contribution in [0.5, 0.6) is 0 Å². The third-order valence-corrected chi connectivity index (χ3v) is 24.2. The Morgan fingerprint density at radius 2 is 1.69 bits per heavy atom. The van der Waals surface area contributed by atoms with Gasteiger partial charge in [0.2, 0.25) is 17.8 Å². The predicted octanol–water partition coefficient (Wildman–Crippen LogP) is 5.51. The van der Waals surface area contributed by atoms with Crippen LogP contribution in [0.4, 0.5) is 16.3 Å². The van der Waals surface area contributed by atoms with Gasteiger partial charge in [0.25, 0.3) is 5.56 Å². The van der Waals surface area contributed by atoms with Crippen molar-refractivity contribution in [1.82, 2.24) is 34.5 Å². The zero-order valence-corrected chi connectivity index (χ0v) is 42.8. The first-order chi connectivity index (χ1) is 31.4. The van der Waals surface area contributed by atoms with E-state index in [1.54, 1.807) is 13.8 Å². The Labute approximate surface area is 389 Å². The van der Waals surface area contributed by atoms with Gasteiger partial charge in [0.15, 0.2) is 17.4 Å². The SMILES string of the molecule is CC(C)C(=O)Nc1nc2c(ncn2[C@@H]2O[C@@H]3COP(=O)(O)O[C@@H]4[C@@H](CO[P@](=O)(OCCC#N)O[C@@H]2[C@@H]3O[Si](O[Si](O)(C(C)C)C(C)C)(C(C)C)C(C)C)C[C@@H](Nc2ncncn2)[C@@H]4F)c(=O)[nH]1. The monoisotopic (exact) mass is 1020 g/mol. The number of hydrogen-bond donors (Lipinski definition) is 5. The average molecular weight is 1020 g/mol. The topological polar surface area (TPSA) is 316 Å². The van der Waals surface area contributed by atoms with Crippen LogP contribution in [0.3, 0.4) is 0 Å². The first-order valence-corrected chi connectivity index (χ1v) is 29.0. The number of aromatic nitrogens is 7. The Kier molecular flexibility index (Phi) is 16.8. The standard InChI is InChI=1S/C38H61FN10O14P2Si2/c1-20(2)34(50)47-38-46-33-29(35(51)48-38)44-19-49(33)36-32-31(62-67(23(7)8,24(9)10)63-66(55,21(3)4)22(5)6)27(59-36)16-57-64(52,53)60-30-25(15-58-65(54,61-32)56-13-11-12-40)14-26(28(30)39)45-37-42-17-41-18-43-37/h17-28,30-32,36,55H,11,13-16H2,1-10H3,(H,52,53)(H,41,42,43,45)(H2,46,47,48,50,51)/t25-,26-,27-,28+,30-,31-,32-,36-,65+/m1/s1. The van der Waals surface area contributed by atoms with Gasteiger partial charge in [-0.05, 0) is 28.6 Å². The van der Waals surface area contributed by atoms with Gasteiger partial charge < -0.3 is 28.3 Å². The molecule has 1 amide bonds. The zero-order chi connectivity index (χ0) is 49.2. The summed E-state index contributed by atoms with van der Waals surface area (Å²) in [5, 5.41) is 14.9. The van der Waals surface area contributed by atoms with E-state index in [0.29, 0.717) is 0 Å². The fourth-order valence-electron chi connectivity index (χ4n) is 8.32. The van der Waals surface area contributed by atoms with Crippen LogP contribution in [0, 0.1) is 23.2 Å². The predicted molar refractivity (Wildman–Crippen MR) is 241 cm³/mol. The van der Waals surface area contributed by atoms with Crippen molar-refractivity contribution in [3.05, 3.63) is 29.3 Å². The van der Waals surface area contributed by atoms with Crippen LogP contribution < -0.4 is 16.2 Å². The second-order valence-electron chi connectivity index (χ2n) is 18.3. The summed E-state index contributed by atoms with van der Waals surface area (Å²) in [6, 6.07) is 0.801. The third-order valence-electron chi connectivity index (χ3n) is 12.0. The molecule has 67 heavy (non-hydrogen) atoms. The van der Waals surface area contributed by atoms with Gasteiger partial charge in [-0.1, -0.05) is 69.2 Å². The third kappa shape index (κ3) is 11.6. The highest BCUT2D eigenvalue weighted by Gasteiger charge is 2.61. The number of phosphoric ester groups is 2. The second kappa shape index (κ2) is 21.3. The van der Waals surface area contributed by atoms with Gasteiger partial charge >= 0.3 is 32.8 Å². The summed E-state index contributed by atoms with van der Waals surface area (Å²) in [7, 11) is -17.7. The quantitative estimate of drug-likeness (QED) is 0.0671. The van der Waals surface area contributed by atoms with E-state index in [1.165, 1.54) is 23.5 Å². The van der Waals surface area contributed by atoms with E-state index in [0.717, 1.165) is 0 Å². The van der Waals surface area contributed by atoms with Crippen LogP contribution in [0.1, 0.15) is 88.3 Å². The van der Waals surface area contributed by atoms with Gasteiger partial charge in [-0.3, -0.25) is 47.1 Å². The number of imidazole rings is 1. The molecule has 29 heteroatoms. The normalized spacial score (nSPS) is 29.8. The molecule has 2 saturated heterocycles. The number of H-pyrrole nitrogens is 1. The van der Waals surface area contributed by atoms with Crippen LogP contribution >= 0.6 is 15.6 Å². The van der Waals surface area contributed by atoms with Crippen molar-refractivity contribution in [1.29, 1.82) is 5.26 Å². The number of rotatable bonds is 16. The molecule has 3 aromatic rings. The minimum atomic E-state index is -5.23. The minimum Gasteiger partial charge on any atom is -0.414 e. The molecule has 5 N–H and O–H groups in total. The number of nitrogens with one attached hydrogen (secondary N) is 3.